The highest BCUT2D eigenvalue weighted by molar-refractivity contribution is 5.85. The van der Waals surface area contributed by atoms with Crippen LogP contribution in [0.1, 0.15) is 37.7 Å². The average molecular weight is 377 g/mol. The summed E-state index contributed by atoms with van der Waals surface area (Å²) in [5.74, 6) is 1.20. The van der Waals surface area contributed by atoms with Gasteiger partial charge in [-0.3, -0.25) is 4.79 Å². The maximum absolute atomic E-state index is 12.5. The fourth-order valence-corrected chi connectivity index (χ4v) is 4.49. The van der Waals surface area contributed by atoms with Crippen molar-refractivity contribution in [3.05, 3.63) is 36.2 Å². The number of fused-ring (bicyclic) bond motifs is 2. The van der Waals surface area contributed by atoms with Gasteiger partial charge in [0.05, 0.1) is 12.1 Å². The van der Waals surface area contributed by atoms with Gasteiger partial charge in [0.25, 0.3) is 0 Å². The number of halogens is 1. The summed E-state index contributed by atoms with van der Waals surface area (Å²) in [4.78, 5) is 12.5. The van der Waals surface area contributed by atoms with Crippen molar-refractivity contribution in [2.45, 2.75) is 50.6 Å². The van der Waals surface area contributed by atoms with Crippen molar-refractivity contribution >= 4 is 18.3 Å². The number of amides is 1. The molecule has 1 aromatic carbocycles. The number of nitrogens with two attached hydrogens (primary N) is 1. The van der Waals surface area contributed by atoms with Crippen molar-refractivity contribution in [2.24, 2.45) is 17.6 Å². The van der Waals surface area contributed by atoms with Crippen molar-refractivity contribution in [2.75, 3.05) is 0 Å². The van der Waals surface area contributed by atoms with Gasteiger partial charge in [-0.1, -0.05) is 18.6 Å². The Morgan fingerprint density at radius 3 is 2.50 bits per heavy atom. The van der Waals surface area contributed by atoms with Crippen LogP contribution in [0.15, 0.2) is 30.6 Å². The van der Waals surface area contributed by atoms with Gasteiger partial charge in [0, 0.05) is 12.1 Å². The van der Waals surface area contributed by atoms with Crippen LogP contribution in [0, 0.1) is 11.8 Å². The smallest absolute Gasteiger partial charge is 0.224 e. The van der Waals surface area contributed by atoms with Gasteiger partial charge >= 0.3 is 0 Å². The molecule has 1 heterocycles. The van der Waals surface area contributed by atoms with Gasteiger partial charge in [-0.05, 0) is 65.6 Å². The highest BCUT2D eigenvalue weighted by atomic mass is 35.5. The second-order valence-electron chi connectivity index (χ2n) is 7.37. The third-order valence-electron chi connectivity index (χ3n) is 5.62. The first-order valence-electron chi connectivity index (χ1n) is 9.06. The van der Waals surface area contributed by atoms with Gasteiger partial charge in [0.1, 0.15) is 6.33 Å². The molecule has 0 radical (unpaired) electrons. The predicted molar refractivity (Wildman–Crippen MR) is 100 cm³/mol. The van der Waals surface area contributed by atoms with Crippen molar-refractivity contribution < 1.29 is 4.79 Å². The molecule has 3 N–H and O–H groups in total. The number of benzene rings is 1. The lowest BCUT2D eigenvalue weighted by molar-refractivity contribution is -0.122. The molecule has 2 bridgehead atoms. The summed E-state index contributed by atoms with van der Waals surface area (Å²) in [6.45, 7) is 0. The Bertz CT molecular complexity index is 706. The first-order valence-corrected chi connectivity index (χ1v) is 9.06. The molecule has 2 saturated carbocycles. The lowest BCUT2D eigenvalue weighted by atomic mass is 9.67. The topological polar surface area (TPSA) is 98.7 Å². The number of aromatic nitrogens is 4. The van der Waals surface area contributed by atoms with E-state index in [-0.39, 0.29) is 18.3 Å². The van der Waals surface area contributed by atoms with Crippen molar-refractivity contribution in [1.82, 2.24) is 25.5 Å². The third kappa shape index (κ3) is 4.04. The van der Waals surface area contributed by atoms with E-state index in [0.29, 0.717) is 30.3 Å². The monoisotopic (exact) mass is 376 g/mol. The molecule has 8 heteroatoms. The molecule has 2 fully saturated rings. The molecule has 26 heavy (non-hydrogen) atoms. The lowest BCUT2D eigenvalue weighted by Gasteiger charge is -2.45. The van der Waals surface area contributed by atoms with E-state index in [9.17, 15) is 4.79 Å². The second kappa shape index (κ2) is 8.14. The number of nitrogens with one attached hydrogen (secondary N) is 1. The van der Waals surface area contributed by atoms with Gasteiger partial charge < -0.3 is 11.1 Å². The fourth-order valence-electron chi connectivity index (χ4n) is 4.49. The van der Waals surface area contributed by atoms with Crippen LogP contribution in [-0.2, 0) is 11.2 Å². The highest BCUT2D eigenvalue weighted by Gasteiger charge is 2.39. The molecule has 0 aliphatic heterocycles. The van der Waals surface area contributed by atoms with E-state index in [0.717, 1.165) is 24.1 Å². The van der Waals surface area contributed by atoms with Crippen LogP contribution in [0.4, 0.5) is 0 Å². The molecule has 2 unspecified atom stereocenters. The van der Waals surface area contributed by atoms with Crippen molar-refractivity contribution in [3.8, 4) is 5.69 Å². The molecule has 2 atom stereocenters. The summed E-state index contributed by atoms with van der Waals surface area (Å²) in [6, 6.07) is 8.37. The maximum Gasteiger partial charge on any atom is 0.224 e. The quantitative estimate of drug-likeness (QED) is 0.845. The summed E-state index contributed by atoms with van der Waals surface area (Å²) in [5, 5.41) is 14.4. The number of nitrogens with zero attached hydrogens (tertiary/aromatic N) is 4. The molecule has 2 aliphatic carbocycles. The Labute approximate surface area is 159 Å². The molecule has 140 valence electrons. The summed E-state index contributed by atoms with van der Waals surface area (Å²) < 4.78 is 1.59. The van der Waals surface area contributed by atoms with Crippen LogP contribution in [0.25, 0.3) is 5.69 Å². The number of carbonyl (C=O) groups is 1. The van der Waals surface area contributed by atoms with E-state index in [1.54, 1.807) is 11.0 Å². The summed E-state index contributed by atoms with van der Waals surface area (Å²) in [7, 11) is 0. The minimum absolute atomic E-state index is 0. The van der Waals surface area contributed by atoms with Crippen molar-refractivity contribution in [1.29, 1.82) is 0 Å². The minimum Gasteiger partial charge on any atom is -0.353 e. The van der Waals surface area contributed by atoms with Crippen LogP contribution in [0.3, 0.4) is 0 Å². The van der Waals surface area contributed by atoms with Crippen molar-refractivity contribution in [3.63, 3.8) is 0 Å². The summed E-state index contributed by atoms with van der Waals surface area (Å²) in [6.07, 6.45) is 7.69. The molecule has 1 aromatic heterocycles. The van der Waals surface area contributed by atoms with Gasteiger partial charge in [0.15, 0.2) is 0 Å². The number of rotatable bonds is 4. The summed E-state index contributed by atoms with van der Waals surface area (Å²) >= 11 is 0. The van der Waals surface area contributed by atoms with Crippen LogP contribution in [0.5, 0.6) is 0 Å². The Kier molecular flexibility index (Phi) is 5.88. The van der Waals surface area contributed by atoms with E-state index in [2.05, 4.69) is 20.8 Å². The third-order valence-corrected chi connectivity index (χ3v) is 5.62. The highest BCUT2D eigenvalue weighted by Crippen LogP contribution is 2.39. The summed E-state index contributed by atoms with van der Waals surface area (Å²) in [5.41, 5.74) is 8.04. The maximum atomic E-state index is 12.5. The van der Waals surface area contributed by atoms with E-state index >= 15 is 0 Å². The number of tetrazole rings is 1. The molecule has 2 aliphatic rings. The molecule has 1 amide bonds. The normalized spacial score (nSPS) is 27.4. The van der Waals surface area contributed by atoms with E-state index in [1.807, 2.05) is 24.3 Å². The number of hydrogen-bond acceptors (Lipinski definition) is 5. The minimum atomic E-state index is 0. The SMILES string of the molecule is Cl.NC1CC2CCCC(C1)C2NC(=O)Cc1ccc(-n2cnnn2)cc1. The van der Waals surface area contributed by atoms with Gasteiger partial charge in [-0.2, -0.15) is 0 Å². The van der Waals surface area contributed by atoms with E-state index < -0.39 is 0 Å². The predicted octanol–water partition coefficient (Wildman–Crippen LogP) is 1.65. The Morgan fingerprint density at radius 1 is 1.19 bits per heavy atom. The zero-order valence-corrected chi connectivity index (χ0v) is 15.4. The van der Waals surface area contributed by atoms with Gasteiger partial charge in [-0.15, -0.1) is 17.5 Å². The second-order valence-corrected chi connectivity index (χ2v) is 7.37. The molecule has 7 nitrogen and oxygen atoms in total. The molecule has 4 rings (SSSR count). The first-order chi connectivity index (χ1) is 12.2. The zero-order chi connectivity index (χ0) is 17.2. The van der Waals surface area contributed by atoms with Crippen LogP contribution in [0.2, 0.25) is 0 Å². The number of hydrogen-bond donors (Lipinski definition) is 2. The molecule has 2 aromatic rings. The van der Waals surface area contributed by atoms with E-state index in [1.165, 1.54) is 19.3 Å². The Morgan fingerprint density at radius 2 is 1.88 bits per heavy atom. The van der Waals surface area contributed by atoms with Gasteiger partial charge in [0.2, 0.25) is 5.91 Å². The number of carbonyl (C=O) groups excluding carboxylic acids is 1. The fraction of sp³-hybridized carbons (Fsp3) is 0.556. The molecule has 0 saturated heterocycles. The standard InChI is InChI=1S/C18H24N6O.ClH/c19-15-9-13-2-1-3-14(10-15)18(13)21-17(25)8-12-4-6-16(7-5-12)24-11-20-22-23-24;/h4-7,11,13-15,18H,1-3,8-10,19H2,(H,21,25);1H. The molecule has 0 spiro atoms. The largest absolute Gasteiger partial charge is 0.353 e. The lowest BCUT2D eigenvalue weighted by Crippen LogP contribution is -2.54. The van der Waals surface area contributed by atoms with Gasteiger partial charge in [-0.25, -0.2) is 4.68 Å². The van der Waals surface area contributed by atoms with Crippen LogP contribution in [-0.4, -0.2) is 38.2 Å². The van der Waals surface area contributed by atoms with E-state index in [4.69, 9.17) is 5.73 Å². The Hall–Kier alpha value is -1.99. The van der Waals surface area contributed by atoms with Crippen LogP contribution >= 0.6 is 12.4 Å². The first kappa shape index (κ1) is 18.8. The zero-order valence-electron chi connectivity index (χ0n) is 14.6. The molecular formula is C18H25ClN6O. The molecular weight excluding hydrogens is 352 g/mol. The Balaban J connectivity index is 0.00000196. The average Bonchev–Trinajstić information content (AvgIpc) is 3.11. The van der Waals surface area contributed by atoms with Crippen LogP contribution < -0.4 is 11.1 Å².